The van der Waals surface area contributed by atoms with Crippen molar-refractivity contribution in [2.45, 2.75) is 24.2 Å². The number of nitrogens with one attached hydrogen (secondary N) is 2. The highest BCUT2D eigenvalue weighted by molar-refractivity contribution is 7.90. The predicted octanol–water partition coefficient (Wildman–Crippen LogP) is 0.995. The molecule has 1 aromatic rings. The molecule has 1 heterocycles. The maximum absolute atomic E-state index is 12.0. The Balaban J connectivity index is 0.00000312. The molecule has 0 bridgehead atoms. The molecule has 9 heteroatoms. The van der Waals surface area contributed by atoms with E-state index in [4.69, 9.17) is 0 Å². The molecule has 0 spiro atoms. The number of halogens is 1. The van der Waals surface area contributed by atoms with Crippen LogP contribution in [0.25, 0.3) is 0 Å². The molecule has 1 aliphatic heterocycles. The number of fused-ring (bicyclic) bond motifs is 1. The molecule has 7 nitrogen and oxygen atoms in total. The van der Waals surface area contributed by atoms with Crippen molar-refractivity contribution in [1.82, 2.24) is 15.5 Å². The molecule has 1 amide bonds. The molecular formula is C16H25ClN4O3S. The standard InChI is InChI=1S/C16H24N4O3S.ClH/c1-17-10-6-11-18-15(21)9-5-12-20(2)16-13-7-3-4-8-14(13)24(22,23)19-16;/h3-4,7-8,17H,5-6,9-12H2,1-2H3,(H,18,21);1H. The Labute approximate surface area is 155 Å². The van der Waals surface area contributed by atoms with Crippen LogP contribution in [0.5, 0.6) is 0 Å². The van der Waals surface area contributed by atoms with Crippen molar-refractivity contribution in [1.29, 1.82) is 0 Å². The van der Waals surface area contributed by atoms with Crippen molar-refractivity contribution in [3.8, 4) is 0 Å². The summed E-state index contributed by atoms with van der Waals surface area (Å²) in [5.41, 5.74) is 0.622. The fourth-order valence-electron chi connectivity index (χ4n) is 2.53. The monoisotopic (exact) mass is 388 g/mol. The molecule has 0 saturated carbocycles. The predicted molar refractivity (Wildman–Crippen MR) is 101 cm³/mol. The third kappa shape index (κ3) is 5.69. The zero-order valence-electron chi connectivity index (χ0n) is 14.5. The van der Waals surface area contributed by atoms with Gasteiger partial charge in [-0.1, -0.05) is 12.1 Å². The van der Waals surface area contributed by atoms with Crippen LogP contribution in [0.4, 0.5) is 0 Å². The zero-order valence-corrected chi connectivity index (χ0v) is 16.1. The lowest BCUT2D eigenvalue weighted by molar-refractivity contribution is -0.121. The van der Waals surface area contributed by atoms with Crippen LogP contribution in [0, 0.1) is 0 Å². The second kappa shape index (κ2) is 9.74. The lowest BCUT2D eigenvalue weighted by atomic mass is 10.2. The first-order valence-electron chi connectivity index (χ1n) is 8.02. The Bertz CT molecular complexity index is 722. The Morgan fingerprint density at radius 3 is 2.64 bits per heavy atom. The summed E-state index contributed by atoms with van der Waals surface area (Å²) in [6.07, 6.45) is 1.94. The van der Waals surface area contributed by atoms with E-state index in [1.54, 1.807) is 36.2 Å². The number of amides is 1. The average Bonchev–Trinajstić information content (AvgIpc) is 2.84. The quantitative estimate of drug-likeness (QED) is 0.648. The summed E-state index contributed by atoms with van der Waals surface area (Å²) in [5, 5.41) is 5.89. The van der Waals surface area contributed by atoms with E-state index < -0.39 is 10.0 Å². The number of hydrogen-bond acceptors (Lipinski definition) is 5. The number of carbonyl (C=O) groups is 1. The maximum Gasteiger partial charge on any atom is 0.285 e. The highest BCUT2D eigenvalue weighted by atomic mass is 35.5. The number of hydrogen-bond donors (Lipinski definition) is 2. The van der Waals surface area contributed by atoms with Crippen LogP contribution in [0.3, 0.4) is 0 Å². The molecule has 0 atom stereocenters. The van der Waals surface area contributed by atoms with Gasteiger partial charge in [0.05, 0.1) is 0 Å². The maximum atomic E-state index is 12.0. The van der Waals surface area contributed by atoms with E-state index >= 15 is 0 Å². The van der Waals surface area contributed by atoms with Crippen LogP contribution < -0.4 is 10.6 Å². The lowest BCUT2D eigenvalue weighted by Crippen LogP contribution is -2.30. The molecule has 0 aliphatic carbocycles. The van der Waals surface area contributed by atoms with Crippen molar-refractivity contribution in [3.05, 3.63) is 29.8 Å². The number of amidine groups is 1. The minimum atomic E-state index is -3.60. The highest BCUT2D eigenvalue weighted by Gasteiger charge is 2.30. The molecule has 0 aromatic heterocycles. The van der Waals surface area contributed by atoms with Crippen LogP contribution in [0.15, 0.2) is 33.6 Å². The Morgan fingerprint density at radius 2 is 1.92 bits per heavy atom. The molecule has 25 heavy (non-hydrogen) atoms. The smallest absolute Gasteiger partial charge is 0.285 e. The fourth-order valence-corrected chi connectivity index (χ4v) is 3.78. The van der Waals surface area contributed by atoms with E-state index in [1.165, 1.54) is 0 Å². The van der Waals surface area contributed by atoms with Crippen LogP contribution in [-0.4, -0.2) is 58.8 Å². The van der Waals surface area contributed by atoms with E-state index in [1.807, 2.05) is 7.05 Å². The third-order valence-corrected chi connectivity index (χ3v) is 5.12. The van der Waals surface area contributed by atoms with Gasteiger partial charge < -0.3 is 15.5 Å². The zero-order chi connectivity index (χ0) is 17.6. The molecule has 1 aromatic carbocycles. The molecular weight excluding hydrogens is 364 g/mol. The normalized spacial score (nSPS) is 14.2. The van der Waals surface area contributed by atoms with Crippen LogP contribution in [0.2, 0.25) is 0 Å². The molecule has 0 fully saturated rings. The number of benzene rings is 1. The fraction of sp³-hybridized carbons (Fsp3) is 0.500. The molecule has 0 unspecified atom stereocenters. The van der Waals surface area contributed by atoms with Gasteiger partial charge in [-0.15, -0.1) is 16.8 Å². The summed E-state index contributed by atoms with van der Waals surface area (Å²) in [6.45, 7) is 2.09. The molecule has 140 valence electrons. The second-order valence-electron chi connectivity index (χ2n) is 5.72. The average molecular weight is 389 g/mol. The van der Waals surface area contributed by atoms with E-state index in [9.17, 15) is 13.2 Å². The van der Waals surface area contributed by atoms with Crippen molar-refractivity contribution in [2.24, 2.45) is 4.40 Å². The Kier molecular flexibility index (Phi) is 8.34. The largest absolute Gasteiger partial charge is 0.358 e. The molecule has 0 saturated heterocycles. The summed E-state index contributed by atoms with van der Waals surface area (Å²) >= 11 is 0. The van der Waals surface area contributed by atoms with Gasteiger partial charge in [0.15, 0.2) is 0 Å². The summed E-state index contributed by atoms with van der Waals surface area (Å²) in [5.74, 6) is 0.459. The van der Waals surface area contributed by atoms with Crippen molar-refractivity contribution >= 4 is 34.2 Å². The first-order valence-corrected chi connectivity index (χ1v) is 9.46. The van der Waals surface area contributed by atoms with Gasteiger partial charge in [-0.2, -0.15) is 8.42 Å². The summed E-state index contributed by atoms with van der Waals surface area (Å²) in [6, 6.07) is 6.80. The number of carbonyl (C=O) groups excluding carboxylic acids is 1. The van der Waals surface area contributed by atoms with Crippen LogP contribution >= 0.6 is 12.4 Å². The number of nitrogens with zero attached hydrogens (tertiary/aromatic N) is 2. The highest BCUT2D eigenvalue weighted by Crippen LogP contribution is 2.26. The number of rotatable bonds is 8. The van der Waals surface area contributed by atoms with Gasteiger partial charge in [-0.3, -0.25) is 4.79 Å². The van der Waals surface area contributed by atoms with Gasteiger partial charge in [-0.25, -0.2) is 0 Å². The Morgan fingerprint density at radius 1 is 1.20 bits per heavy atom. The first-order chi connectivity index (χ1) is 11.5. The van der Waals surface area contributed by atoms with Crippen molar-refractivity contribution < 1.29 is 13.2 Å². The SMILES string of the molecule is CNCCCNC(=O)CCCN(C)C1=NS(=O)(=O)c2ccccc21.Cl. The molecule has 2 N–H and O–H groups in total. The summed E-state index contributed by atoms with van der Waals surface area (Å²) in [7, 11) is 0.0721. The van der Waals surface area contributed by atoms with Gasteiger partial charge >= 0.3 is 0 Å². The van der Waals surface area contributed by atoms with Crippen LogP contribution in [0.1, 0.15) is 24.8 Å². The van der Waals surface area contributed by atoms with Crippen molar-refractivity contribution in [3.63, 3.8) is 0 Å². The van der Waals surface area contributed by atoms with E-state index in [-0.39, 0.29) is 23.2 Å². The van der Waals surface area contributed by atoms with Gasteiger partial charge in [0.25, 0.3) is 10.0 Å². The topological polar surface area (TPSA) is 90.9 Å². The minimum absolute atomic E-state index is 0. The van der Waals surface area contributed by atoms with Gasteiger partial charge in [0, 0.05) is 32.1 Å². The summed E-state index contributed by atoms with van der Waals surface area (Å²) in [4.78, 5) is 13.8. The molecule has 0 radical (unpaired) electrons. The second-order valence-corrected chi connectivity index (χ2v) is 7.29. The van der Waals surface area contributed by atoms with E-state index in [0.29, 0.717) is 37.3 Å². The van der Waals surface area contributed by atoms with Gasteiger partial charge in [0.1, 0.15) is 10.7 Å². The summed E-state index contributed by atoms with van der Waals surface area (Å²) < 4.78 is 27.9. The lowest BCUT2D eigenvalue weighted by Gasteiger charge is -2.18. The Hall–Kier alpha value is -1.64. The van der Waals surface area contributed by atoms with Crippen LogP contribution in [-0.2, 0) is 14.8 Å². The van der Waals surface area contributed by atoms with E-state index in [2.05, 4.69) is 15.0 Å². The molecule has 2 rings (SSSR count). The molecule has 1 aliphatic rings. The first kappa shape index (κ1) is 21.4. The van der Waals surface area contributed by atoms with Gasteiger partial charge in [0.2, 0.25) is 5.91 Å². The minimum Gasteiger partial charge on any atom is -0.358 e. The van der Waals surface area contributed by atoms with Crippen molar-refractivity contribution in [2.75, 3.05) is 33.7 Å². The third-order valence-electron chi connectivity index (χ3n) is 3.80. The van der Waals surface area contributed by atoms with Gasteiger partial charge in [-0.05, 0) is 38.6 Å². The van der Waals surface area contributed by atoms with E-state index in [0.717, 1.165) is 13.0 Å². The number of sulfonamides is 1.